The van der Waals surface area contributed by atoms with Gasteiger partial charge in [0.25, 0.3) is 0 Å². The third kappa shape index (κ3) is 2.82. The Morgan fingerprint density at radius 2 is 1.55 bits per heavy atom. The van der Waals surface area contributed by atoms with Gasteiger partial charge in [0.2, 0.25) is 0 Å². The van der Waals surface area contributed by atoms with Crippen LogP contribution in [0.25, 0.3) is 11.1 Å². The van der Waals surface area contributed by atoms with Gasteiger partial charge in [0.1, 0.15) is 11.6 Å². The highest BCUT2D eigenvalue weighted by Crippen LogP contribution is 2.31. The van der Waals surface area contributed by atoms with Crippen molar-refractivity contribution in [2.45, 2.75) is 38.0 Å². The van der Waals surface area contributed by atoms with Gasteiger partial charge in [0, 0.05) is 23.9 Å². The van der Waals surface area contributed by atoms with Crippen LogP contribution in [0, 0.1) is 0 Å². The molecule has 0 spiro atoms. The van der Waals surface area contributed by atoms with Gasteiger partial charge in [-0.1, -0.05) is 31.4 Å². The van der Waals surface area contributed by atoms with Gasteiger partial charge in [-0.15, -0.1) is 0 Å². The van der Waals surface area contributed by atoms with E-state index in [1.54, 1.807) is 7.11 Å². The molecule has 0 saturated heterocycles. The topological polar surface area (TPSA) is 35.0 Å². The normalized spacial score (nSPS) is 16.1. The summed E-state index contributed by atoms with van der Waals surface area (Å²) in [4.78, 5) is 9.16. The van der Waals surface area contributed by atoms with Crippen molar-refractivity contribution in [1.82, 2.24) is 9.97 Å². The molecular weight excluding hydrogens is 248 g/mol. The van der Waals surface area contributed by atoms with Gasteiger partial charge < -0.3 is 4.74 Å². The van der Waals surface area contributed by atoms with Crippen LogP contribution in [-0.2, 0) is 0 Å². The van der Waals surface area contributed by atoms with Crippen molar-refractivity contribution >= 4 is 0 Å². The van der Waals surface area contributed by atoms with Crippen LogP contribution in [0.2, 0.25) is 0 Å². The second kappa shape index (κ2) is 6.04. The van der Waals surface area contributed by atoms with E-state index in [1.807, 2.05) is 36.7 Å². The predicted molar refractivity (Wildman–Crippen MR) is 79.8 cm³/mol. The summed E-state index contributed by atoms with van der Waals surface area (Å²) in [5.74, 6) is 2.45. The Morgan fingerprint density at radius 3 is 2.15 bits per heavy atom. The molecule has 3 nitrogen and oxygen atoms in total. The molecule has 20 heavy (non-hydrogen) atoms. The first-order valence-corrected chi connectivity index (χ1v) is 7.33. The van der Waals surface area contributed by atoms with Gasteiger partial charge in [0.05, 0.1) is 7.11 Å². The van der Waals surface area contributed by atoms with Gasteiger partial charge in [-0.25, -0.2) is 9.97 Å². The van der Waals surface area contributed by atoms with Crippen molar-refractivity contribution in [2.24, 2.45) is 0 Å². The van der Waals surface area contributed by atoms with E-state index in [1.165, 1.54) is 32.1 Å². The van der Waals surface area contributed by atoms with Crippen molar-refractivity contribution in [2.75, 3.05) is 7.11 Å². The highest BCUT2D eigenvalue weighted by atomic mass is 16.5. The minimum absolute atomic E-state index is 0.564. The van der Waals surface area contributed by atoms with Crippen molar-refractivity contribution in [3.05, 3.63) is 42.5 Å². The highest BCUT2D eigenvalue weighted by molar-refractivity contribution is 5.62. The van der Waals surface area contributed by atoms with Crippen LogP contribution in [0.15, 0.2) is 36.7 Å². The maximum absolute atomic E-state index is 5.17. The monoisotopic (exact) mass is 268 g/mol. The lowest BCUT2D eigenvalue weighted by Crippen LogP contribution is -2.08. The Hall–Kier alpha value is -1.90. The van der Waals surface area contributed by atoms with E-state index in [2.05, 4.69) is 9.97 Å². The number of nitrogens with zero attached hydrogens (tertiary/aromatic N) is 2. The van der Waals surface area contributed by atoms with Crippen LogP contribution in [-0.4, -0.2) is 17.1 Å². The molecule has 0 amide bonds. The number of benzene rings is 1. The Labute approximate surface area is 120 Å². The molecule has 1 aromatic carbocycles. The van der Waals surface area contributed by atoms with E-state index >= 15 is 0 Å². The molecule has 0 radical (unpaired) electrons. The molecule has 1 fully saturated rings. The van der Waals surface area contributed by atoms with Gasteiger partial charge in [0.15, 0.2) is 0 Å². The summed E-state index contributed by atoms with van der Waals surface area (Å²) in [7, 11) is 1.68. The lowest BCUT2D eigenvalue weighted by molar-refractivity contribution is 0.415. The first kappa shape index (κ1) is 13.1. The standard InChI is InChI=1S/C17H20N2O/c1-20-16-9-7-13(8-10-16)15-11-18-17(19-12-15)14-5-3-2-4-6-14/h7-12,14H,2-6H2,1H3. The van der Waals surface area contributed by atoms with Crippen LogP contribution >= 0.6 is 0 Å². The fourth-order valence-corrected chi connectivity index (χ4v) is 2.84. The second-order valence-corrected chi connectivity index (χ2v) is 5.39. The molecule has 0 unspecified atom stereocenters. The molecule has 1 heterocycles. The summed E-state index contributed by atoms with van der Waals surface area (Å²) in [6.45, 7) is 0. The maximum atomic E-state index is 5.17. The second-order valence-electron chi connectivity index (χ2n) is 5.39. The summed E-state index contributed by atoms with van der Waals surface area (Å²) in [6, 6.07) is 8.00. The number of hydrogen-bond acceptors (Lipinski definition) is 3. The molecule has 3 heteroatoms. The lowest BCUT2D eigenvalue weighted by atomic mass is 9.88. The number of hydrogen-bond donors (Lipinski definition) is 0. The Bertz CT molecular complexity index is 542. The largest absolute Gasteiger partial charge is 0.497 e. The average molecular weight is 268 g/mol. The number of rotatable bonds is 3. The third-order valence-electron chi connectivity index (χ3n) is 4.07. The lowest BCUT2D eigenvalue weighted by Gasteiger charge is -2.20. The predicted octanol–water partition coefficient (Wildman–Crippen LogP) is 4.20. The molecule has 0 aliphatic heterocycles. The van der Waals surface area contributed by atoms with Crippen molar-refractivity contribution in [1.29, 1.82) is 0 Å². The molecule has 0 bridgehead atoms. The summed E-state index contributed by atoms with van der Waals surface area (Å²) < 4.78 is 5.17. The molecule has 3 rings (SSSR count). The average Bonchev–Trinajstić information content (AvgIpc) is 2.56. The molecule has 104 valence electrons. The number of methoxy groups -OCH3 is 1. The molecule has 1 aliphatic rings. The fraction of sp³-hybridized carbons (Fsp3) is 0.412. The van der Waals surface area contributed by atoms with Gasteiger partial charge in [-0.05, 0) is 30.5 Å². The zero-order chi connectivity index (χ0) is 13.8. The van der Waals surface area contributed by atoms with E-state index in [0.717, 1.165) is 22.7 Å². The van der Waals surface area contributed by atoms with Crippen LogP contribution in [0.4, 0.5) is 0 Å². The minimum atomic E-state index is 0.564. The first-order chi connectivity index (χ1) is 9.86. The SMILES string of the molecule is COc1ccc(-c2cnc(C3CCCCC3)nc2)cc1. The van der Waals surface area contributed by atoms with E-state index in [-0.39, 0.29) is 0 Å². The van der Waals surface area contributed by atoms with Crippen LogP contribution in [0.3, 0.4) is 0 Å². The molecule has 0 N–H and O–H groups in total. The Kier molecular flexibility index (Phi) is 3.95. The maximum Gasteiger partial charge on any atom is 0.131 e. The zero-order valence-corrected chi connectivity index (χ0v) is 11.9. The summed E-state index contributed by atoms with van der Waals surface area (Å²) in [6.07, 6.45) is 10.4. The Morgan fingerprint density at radius 1 is 0.900 bits per heavy atom. The van der Waals surface area contributed by atoms with Gasteiger partial charge in [-0.2, -0.15) is 0 Å². The quantitative estimate of drug-likeness (QED) is 0.836. The first-order valence-electron chi connectivity index (χ1n) is 7.33. The van der Waals surface area contributed by atoms with Gasteiger partial charge >= 0.3 is 0 Å². The highest BCUT2D eigenvalue weighted by Gasteiger charge is 2.17. The van der Waals surface area contributed by atoms with E-state index < -0.39 is 0 Å². The van der Waals surface area contributed by atoms with Crippen LogP contribution < -0.4 is 4.74 Å². The molecule has 2 aromatic rings. The third-order valence-corrected chi connectivity index (χ3v) is 4.07. The number of aromatic nitrogens is 2. The summed E-state index contributed by atoms with van der Waals surface area (Å²) >= 11 is 0. The van der Waals surface area contributed by atoms with E-state index in [9.17, 15) is 0 Å². The fourth-order valence-electron chi connectivity index (χ4n) is 2.84. The van der Waals surface area contributed by atoms with E-state index in [4.69, 9.17) is 4.74 Å². The Balaban J connectivity index is 1.77. The molecule has 1 aromatic heterocycles. The van der Waals surface area contributed by atoms with Crippen molar-refractivity contribution in [3.8, 4) is 16.9 Å². The molecule has 1 aliphatic carbocycles. The van der Waals surface area contributed by atoms with Crippen LogP contribution in [0.1, 0.15) is 43.8 Å². The summed E-state index contributed by atoms with van der Waals surface area (Å²) in [5, 5.41) is 0. The smallest absolute Gasteiger partial charge is 0.131 e. The molecular formula is C17H20N2O. The van der Waals surface area contributed by atoms with Crippen LogP contribution in [0.5, 0.6) is 5.75 Å². The summed E-state index contributed by atoms with van der Waals surface area (Å²) in [5.41, 5.74) is 2.19. The zero-order valence-electron chi connectivity index (χ0n) is 11.9. The van der Waals surface area contributed by atoms with Crippen molar-refractivity contribution < 1.29 is 4.74 Å². The molecule has 1 saturated carbocycles. The molecule has 0 atom stereocenters. The van der Waals surface area contributed by atoms with E-state index in [0.29, 0.717) is 5.92 Å². The van der Waals surface area contributed by atoms with Gasteiger partial charge in [-0.3, -0.25) is 0 Å². The number of ether oxygens (including phenoxy) is 1. The van der Waals surface area contributed by atoms with Crippen molar-refractivity contribution in [3.63, 3.8) is 0 Å². The minimum Gasteiger partial charge on any atom is -0.497 e.